The van der Waals surface area contributed by atoms with Crippen molar-refractivity contribution in [2.24, 2.45) is 0 Å². The van der Waals surface area contributed by atoms with E-state index >= 15 is 0 Å². The van der Waals surface area contributed by atoms with E-state index in [2.05, 4.69) is 10.9 Å². The molecule has 0 unspecified atom stereocenters. The van der Waals surface area contributed by atoms with Crippen LogP contribution >= 0.6 is 34.5 Å². The molecule has 0 atom stereocenters. The molecule has 0 saturated carbocycles. The number of amides is 2. The smallest absolute Gasteiger partial charge is 0.268 e. The van der Waals surface area contributed by atoms with Crippen LogP contribution in [0.5, 0.6) is 0 Å². The van der Waals surface area contributed by atoms with Gasteiger partial charge in [-0.25, -0.2) is 0 Å². The maximum absolute atomic E-state index is 11.6. The Bertz CT molecular complexity index is 684. The van der Waals surface area contributed by atoms with Crippen molar-refractivity contribution >= 4 is 52.4 Å². The molecule has 2 N–H and O–H groups in total. The number of nitrogens with one attached hydrogen (secondary N) is 2. The van der Waals surface area contributed by atoms with Crippen LogP contribution in [-0.4, -0.2) is 11.8 Å². The summed E-state index contributed by atoms with van der Waals surface area (Å²) >= 11 is 13.0. The SMILES string of the molecule is O=C(/C=C/c1ccc(Cl)cc1Cl)NNC(=O)c1cccs1. The summed E-state index contributed by atoms with van der Waals surface area (Å²) in [4.78, 5) is 23.7. The Morgan fingerprint density at radius 3 is 2.62 bits per heavy atom. The van der Waals surface area contributed by atoms with E-state index in [1.54, 1.807) is 35.7 Å². The summed E-state index contributed by atoms with van der Waals surface area (Å²) < 4.78 is 0. The van der Waals surface area contributed by atoms with E-state index in [0.29, 0.717) is 20.5 Å². The zero-order valence-corrected chi connectivity index (χ0v) is 12.9. The molecule has 7 heteroatoms. The van der Waals surface area contributed by atoms with Gasteiger partial charge in [0.05, 0.1) is 4.88 Å². The van der Waals surface area contributed by atoms with Crippen LogP contribution in [0.4, 0.5) is 0 Å². The third-order valence-corrected chi connectivity index (χ3v) is 3.85. The summed E-state index contributed by atoms with van der Waals surface area (Å²) in [6.07, 6.45) is 2.80. The van der Waals surface area contributed by atoms with Crippen LogP contribution in [0.3, 0.4) is 0 Å². The monoisotopic (exact) mass is 340 g/mol. The first-order valence-corrected chi connectivity index (χ1v) is 7.47. The van der Waals surface area contributed by atoms with E-state index in [1.165, 1.54) is 23.5 Å². The van der Waals surface area contributed by atoms with E-state index < -0.39 is 5.91 Å². The van der Waals surface area contributed by atoms with Crippen molar-refractivity contribution < 1.29 is 9.59 Å². The lowest BCUT2D eigenvalue weighted by Crippen LogP contribution is -2.40. The molecular weight excluding hydrogens is 331 g/mol. The lowest BCUT2D eigenvalue weighted by molar-refractivity contribution is -0.117. The minimum Gasteiger partial charge on any atom is -0.268 e. The van der Waals surface area contributed by atoms with Gasteiger partial charge in [-0.2, -0.15) is 0 Å². The van der Waals surface area contributed by atoms with Crippen LogP contribution < -0.4 is 10.9 Å². The molecule has 0 saturated heterocycles. The van der Waals surface area contributed by atoms with Gasteiger partial charge in [-0.1, -0.05) is 35.3 Å². The van der Waals surface area contributed by atoms with Crippen molar-refractivity contribution in [1.29, 1.82) is 0 Å². The Morgan fingerprint density at radius 2 is 1.95 bits per heavy atom. The second-order valence-electron chi connectivity index (χ2n) is 3.92. The summed E-state index contributed by atoms with van der Waals surface area (Å²) in [5.41, 5.74) is 5.25. The Morgan fingerprint density at radius 1 is 1.14 bits per heavy atom. The average Bonchev–Trinajstić information content (AvgIpc) is 2.98. The minimum absolute atomic E-state index is 0.365. The highest BCUT2D eigenvalue weighted by Gasteiger charge is 2.06. The number of benzene rings is 1. The van der Waals surface area contributed by atoms with Crippen LogP contribution in [-0.2, 0) is 4.79 Å². The first-order chi connectivity index (χ1) is 10.1. The number of carbonyl (C=O) groups excluding carboxylic acids is 2. The molecule has 1 aromatic carbocycles. The topological polar surface area (TPSA) is 58.2 Å². The van der Waals surface area contributed by atoms with Gasteiger partial charge in [0.25, 0.3) is 11.8 Å². The van der Waals surface area contributed by atoms with Gasteiger partial charge >= 0.3 is 0 Å². The highest BCUT2D eigenvalue weighted by Crippen LogP contribution is 2.21. The zero-order valence-electron chi connectivity index (χ0n) is 10.6. The lowest BCUT2D eigenvalue weighted by atomic mass is 10.2. The minimum atomic E-state index is -0.467. The molecule has 0 bridgehead atoms. The molecule has 0 spiro atoms. The number of hydrogen-bond acceptors (Lipinski definition) is 3. The van der Waals surface area contributed by atoms with E-state index in [0.717, 1.165) is 0 Å². The molecule has 4 nitrogen and oxygen atoms in total. The average molecular weight is 341 g/mol. The van der Waals surface area contributed by atoms with Crippen LogP contribution in [0.25, 0.3) is 6.08 Å². The van der Waals surface area contributed by atoms with E-state index in [1.807, 2.05) is 0 Å². The molecule has 0 radical (unpaired) electrons. The molecule has 0 aliphatic heterocycles. The predicted molar refractivity (Wildman–Crippen MR) is 85.4 cm³/mol. The number of halogens is 2. The van der Waals surface area contributed by atoms with E-state index in [-0.39, 0.29) is 5.91 Å². The standard InChI is InChI=1S/C14H10Cl2N2O2S/c15-10-5-3-9(11(16)8-10)4-6-13(19)17-18-14(20)12-2-1-7-21-12/h1-8H,(H,17,19)(H,18,20)/b6-4+. The van der Waals surface area contributed by atoms with Crippen LogP contribution in [0.1, 0.15) is 15.2 Å². The van der Waals surface area contributed by atoms with Crippen molar-refractivity contribution in [2.75, 3.05) is 0 Å². The Balaban J connectivity index is 1.89. The van der Waals surface area contributed by atoms with Crippen molar-refractivity contribution in [2.45, 2.75) is 0 Å². The summed E-state index contributed by atoms with van der Waals surface area (Å²) in [7, 11) is 0. The maximum Gasteiger partial charge on any atom is 0.279 e. The third kappa shape index (κ3) is 4.60. The first kappa shape index (κ1) is 15.6. The summed E-state index contributed by atoms with van der Waals surface area (Å²) in [5, 5.41) is 2.73. The van der Waals surface area contributed by atoms with Gasteiger partial charge in [0.1, 0.15) is 0 Å². The summed E-state index contributed by atoms with van der Waals surface area (Å²) in [6, 6.07) is 8.36. The molecule has 0 fully saturated rings. The zero-order chi connectivity index (χ0) is 15.2. The molecule has 2 rings (SSSR count). The Kier molecular flexibility index (Phi) is 5.38. The number of rotatable bonds is 3. The van der Waals surface area contributed by atoms with E-state index in [4.69, 9.17) is 23.2 Å². The molecule has 0 aliphatic carbocycles. The highest BCUT2D eigenvalue weighted by atomic mass is 35.5. The summed E-state index contributed by atoms with van der Waals surface area (Å²) in [6.45, 7) is 0. The molecule has 0 aliphatic rings. The number of carbonyl (C=O) groups is 2. The van der Waals surface area contributed by atoms with E-state index in [9.17, 15) is 9.59 Å². The van der Waals surface area contributed by atoms with Gasteiger partial charge < -0.3 is 0 Å². The second-order valence-corrected chi connectivity index (χ2v) is 5.71. The predicted octanol–water partition coefficient (Wildman–Crippen LogP) is 3.53. The van der Waals surface area contributed by atoms with Gasteiger partial charge in [-0.05, 0) is 35.2 Å². The quantitative estimate of drug-likeness (QED) is 0.663. The Hall–Kier alpha value is -1.82. The third-order valence-electron chi connectivity index (χ3n) is 2.42. The van der Waals surface area contributed by atoms with Crippen molar-refractivity contribution in [3.8, 4) is 0 Å². The van der Waals surface area contributed by atoms with Crippen molar-refractivity contribution in [1.82, 2.24) is 10.9 Å². The van der Waals surface area contributed by atoms with Crippen molar-refractivity contribution in [3.05, 3.63) is 62.3 Å². The van der Waals surface area contributed by atoms with Gasteiger partial charge in [-0.3, -0.25) is 20.4 Å². The van der Waals surface area contributed by atoms with Gasteiger partial charge in [0, 0.05) is 16.1 Å². The largest absolute Gasteiger partial charge is 0.279 e. The van der Waals surface area contributed by atoms with Crippen LogP contribution in [0, 0.1) is 0 Å². The number of hydrogen-bond donors (Lipinski definition) is 2. The fourth-order valence-electron chi connectivity index (χ4n) is 1.43. The molecule has 2 aromatic rings. The first-order valence-electron chi connectivity index (χ1n) is 5.83. The molecular formula is C14H10Cl2N2O2S. The van der Waals surface area contributed by atoms with Crippen LogP contribution in [0.15, 0.2) is 41.8 Å². The summed E-state index contributed by atoms with van der Waals surface area (Å²) in [5.74, 6) is -0.831. The molecule has 1 heterocycles. The van der Waals surface area contributed by atoms with Crippen LogP contribution in [0.2, 0.25) is 10.0 Å². The highest BCUT2D eigenvalue weighted by molar-refractivity contribution is 7.12. The molecule has 1 aromatic heterocycles. The number of hydrazine groups is 1. The number of thiophene rings is 1. The lowest BCUT2D eigenvalue weighted by Gasteiger charge is -2.03. The van der Waals surface area contributed by atoms with Crippen molar-refractivity contribution in [3.63, 3.8) is 0 Å². The normalized spacial score (nSPS) is 10.6. The molecule has 108 valence electrons. The Labute approximate surface area is 135 Å². The van der Waals surface area contributed by atoms with Gasteiger partial charge in [-0.15, -0.1) is 11.3 Å². The molecule has 2 amide bonds. The fourth-order valence-corrected chi connectivity index (χ4v) is 2.52. The van der Waals surface area contributed by atoms with Gasteiger partial charge in [0.15, 0.2) is 0 Å². The second kappa shape index (κ2) is 7.26. The van der Waals surface area contributed by atoms with Gasteiger partial charge in [0.2, 0.25) is 0 Å². The molecule has 21 heavy (non-hydrogen) atoms. The fraction of sp³-hybridized carbons (Fsp3) is 0. The maximum atomic E-state index is 11.6.